The molecule has 1 unspecified atom stereocenters. The summed E-state index contributed by atoms with van der Waals surface area (Å²) in [6.07, 6.45) is 0. The molecule has 5 nitrogen and oxygen atoms in total. The van der Waals surface area contributed by atoms with E-state index in [2.05, 4.69) is 0 Å². The minimum Gasteiger partial charge on any atom is -0.369 e. The summed E-state index contributed by atoms with van der Waals surface area (Å²) >= 11 is 5.67. The standard InChI is InChI=1S/C15H19ClFN3O2/c1-10(21)20-5-4-19(8-12(9-20)15(18)22)7-11-2-3-13(16)14(17)6-11/h2-3,6,12H,4-5,7-9H2,1H3,(H2,18,22). The van der Waals surface area contributed by atoms with E-state index in [9.17, 15) is 14.0 Å². The first-order chi connectivity index (χ1) is 10.4. The van der Waals surface area contributed by atoms with Gasteiger partial charge in [0.2, 0.25) is 11.8 Å². The molecule has 0 aliphatic carbocycles. The van der Waals surface area contributed by atoms with Crippen molar-refractivity contribution in [1.82, 2.24) is 9.80 Å². The van der Waals surface area contributed by atoms with Crippen molar-refractivity contribution >= 4 is 23.4 Å². The van der Waals surface area contributed by atoms with Gasteiger partial charge in [-0.2, -0.15) is 0 Å². The number of benzene rings is 1. The van der Waals surface area contributed by atoms with Gasteiger partial charge in [-0.05, 0) is 17.7 Å². The van der Waals surface area contributed by atoms with E-state index in [4.69, 9.17) is 17.3 Å². The van der Waals surface area contributed by atoms with E-state index in [1.807, 2.05) is 4.90 Å². The van der Waals surface area contributed by atoms with Gasteiger partial charge in [-0.1, -0.05) is 17.7 Å². The minimum atomic E-state index is -0.467. The van der Waals surface area contributed by atoms with Gasteiger partial charge in [-0.3, -0.25) is 14.5 Å². The third-order valence-electron chi connectivity index (χ3n) is 3.84. The highest BCUT2D eigenvalue weighted by Crippen LogP contribution is 2.18. The van der Waals surface area contributed by atoms with E-state index >= 15 is 0 Å². The molecular weight excluding hydrogens is 309 g/mol. The summed E-state index contributed by atoms with van der Waals surface area (Å²) in [6, 6.07) is 4.64. The molecule has 2 N–H and O–H groups in total. The van der Waals surface area contributed by atoms with Crippen LogP contribution in [-0.4, -0.2) is 47.8 Å². The van der Waals surface area contributed by atoms with Crippen molar-refractivity contribution in [2.75, 3.05) is 26.2 Å². The summed E-state index contributed by atoms with van der Waals surface area (Å²) in [4.78, 5) is 26.7. The molecule has 22 heavy (non-hydrogen) atoms. The van der Waals surface area contributed by atoms with Crippen LogP contribution >= 0.6 is 11.6 Å². The minimum absolute atomic E-state index is 0.0781. The Morgan fingerprint density at radius 1 is 1.36 bits per heavy atom. The number of hydrogen-bond donors (Lipinski definition) is 1. The van der Waals surface area contributed by atoms with Gasteiger partial charge in [-0.25, -0.2) is 4.39 Å². The molecule has 1 fully saturated rings. The summed E-state index contributed by atoms with van der Waals surface area (Å²) in [5.74, 6) is -1.40. The summed E-state index contributed by atoms with van der Waals surface area (Å²) in [7, 11) is 0. The fourth-order valence-corrected chi connectivity index (χ4v) is 2.70. The highest BCUT2D eigenvalue weighted by molar-refractivity contribution is 6.30. The van der Waals surface area contributed by atoms with Crippen LogP contribution in [0.3, 0.4) is 0 Å². The molecule has 0 radical (unpaired) electrons. The average molecular weight is 328 g/mol. The molecule has 1 aliphatic rings. The topological polar surface area (TPSA) is 66.6 Å². The Bertz CT molecular complexity index is 582. The van der Waals surface area contributed by atoms with E-state index in [0.29, 0.717) is 32.7 Å². The lowest BCUT2D eigenvalue weighted by Crippen LogP contribution is -2.39. The Morgan fingerprint density at radius 3 is 2.68 bits per heavy atom. The molecule has 1 aliphatic heterocycles. The number of rotatable bonds is 3. The van der Waals surface area contributed by atoms with Crippen molar-refractivity contribution in [1.29, 1.82) is 0 Å². The number of carbonyl (C=O) groups is 2. The number of hydrogen-bond acceptors (Lipinski definition) is 3. The van der Waals surface area contributed by atoms with E-state index in [-0.39, 0.29) is 10.9 Å². The van der Waals surface area contributed by atoms with Crippen LogP contribution in [0.2, 0.25) is 5.02 Å². The Balaban J connectivity index is 2.11. The predicted molar refractivity (Wildman–Crippen MR) is 81.6 cm³/mol. The number of amides is 2. The third kappa shape index (κ3) is 4.18. The summed E-state index contributed by atoms with van der Waals surface area (Å²) < 4.78 is 13.5. The summed E-state index contributed by atoms with van der Waals surface area (Å²) in [5, 5.41) is 0.0809. The number of carbonyl (C=O) groups excluding carboxylic acids is 2. The lowest BCUT2D eigenvalue weighted by molar-refractivity contribution is -0.130. The number of halogens is 2. The Hall–Kier alpha value is -1.66. The smallest absolute Gasteiger partial charge is 0.223 e. The molecule has 7 heteroatoms. The third-order valence-corrected chi connectivity index (χ3v) is 4.15. The summed E-state index contributed by atoms with van der Waals surface area (Å²) in [6.45, 7) is 3.86. The summed E-state index contributed by atoms with van der Waals surface area (Å²) in [5.41, 5.74) is 6.18. The average Bonchev–Trinajstić information content (AvgIpc) is 2.66. The van der Waals surface area contributed by atoms with Crippen molar-refractivity contribution in [3.05, 3.63) is 34.6 Å². The molecule has 0 spiro atoms. The van der Waals surface area contributed by atoms with Crippen LogP contribution in [0.4, 0.5) is 4.39 Å². The maximum absolute atomic E-state index is 13.5. The van der Waals surface area contributed by atoms with E-state index in [1.54, 1.807) is 11.0 Å². The van der Waals surface area contributed by atoms with Crippen LogP contribution in [-0.2, 0) is 16.1 Å². The second kappa shape index (κ2) is 7.07. The molecule has 0 saturated carbocycles. The van der Waals surface area contributed by atoms with Crippen LogP contribution in [0.15, 0.2) is 18.2 Å². The Kier molecular flexibility index (Phi) is 5.37. The Labute approximate surface area is 133 Å². The predicted octanol–water partition coefficient (Wildman–Crippen LogP) is 1.24. The zero-order valence-electron chi connectivity index (χ0n) is 12.4. The highest BCUT2D eigenvalue weighted by Gasteiger charge is 2.27. The van der Waals surface area contributed by atoms with E-state index in [1.165, 1.54) is 19.1 Å². The van der Waals surface area contributed by atoms with Crippen LogP contribution in [0.5, 0.6) is 0 Å². The number of primary amides is 1. The first-order valence-electron chi connectivity index (χ1n) is 7.08. The first-order valence-corrected chi connectivity index (χ1v) is 7.45. The van der Waals surface area contributed by atoms with Gasteiger partial charge in [0.25, 0.3) is 0 Å². The Morgan fingerprint density at radius 2 is 2.09 bits per heavy atom. The second-order valence-corrected chi connectivity index (χ2v) is 5.96. The van der Waals surface area contributed by atoms with Gasteiger partial charge < -0.3 is 10.6 Å². The zero-order chi connectivity index (χ0) is 16.3. The lowest BCUT2D eigenvalue weighted by atomic mass is 10.1. The zero-order valence-corrected chi connectivity index (χ0v) is 13.1. The van der Waals surface area contributed by atoms with E-state index in [0.717, 1.165) is 5.56 Å². The molecule has 1 heterocycles. The molecule has 1 aromatic carbocycles. The molecule has 0 aromatic heterocycles. The highest BCUT2D eigenvalue weighted by atomic mass is 35.5. The fourth-order valence-electron chi connectivity index (χ4n) is 2.59. The molecule has 0 bridgehead atoms. The molecule has 1 saturated heterocycles. The van der Waals surface area contributed by atoms with Gasteiger partial charge in [0.1, 0.15) is 5.82 Å². The van der Waals surface area contributed by atoms with Crippen molar-refractivity contribution in [3.8, 4) is 0 Å². The van der Waals surface area contributed by atoms with Crippen LogP contribution < -0.4 is 5.73 Å². The number of nitrogens with zero attached hydrogens (tertiary/aromatic N) is 2. The second-order valence-electron chi connectivity index (χ2n) is 5.55. The molecular formula is C15H19ClFN3O2. The molecule has 2 amide bonds. The molecule has 1 aromatic rings. The quantitative estimate of drug-likeness (QED) is 0.908. The maximum Gasteiger partial charge on any atom is 0.223 e. The van der Waals surface area contributed by atoms with Gasteiger partial charge in [-0.15, -0.1) is 0 Å². The van der Waals surface area contributed by atoms with Gasteiger partial charge >= 0.3 is 0 Å². The van der Waals surface area contributed by atoms with Crippen LogP contribution in [0, 0.1) is 11.7 Å². The lowest BCUT2D eigenvalue weighted by Gasteiger charge is -2.22. The van der Waals surface area contributed by atoms with Crippen molar-refractivity contribution in [2.45, 2.75) is 13.5 Å². The number of nitrogens with two attached hydrogens (primary N) is 1. The van der Waals surface area contributed by atoms with Crippen LogP contribution in [0.25, 0.3) is 0 Å². The van der Waals surface area contributed by atoms with Crippen LogP contribution in [0.1, 0.15) is 12.5 Å². The fraction of sp³-hybridized carbons (Fsp3) is 0.467. The van der Waals surface area contributed by atoms with Gasteiger partial charge in [0.05, 0.1) is 10.9 Å². The first kappa shape index (κ1) is 16.7. The van der Waals surface area contributed by atoms with Gasteiger partial charge in [0.15, 0.2) is 0 Å². The molecule has 1 atom stereocenters. The van der Waals surface area contributed by atoms with Gasteiger partial charge in [0, 0.05) is 39.6 Å². The van der Waals surface area contributed by atoms with Crippen molar-refractivity contribution in [3.63, 3.8) is 0 Å². The largest absolute Gasteiger partial charge is 0.369 e. The monoisotopic (exact) mass is 327 g/mol. The molecule has 120 valence electrons. The van der Waals surface area contributed by atoms with Crippen molar-refractivity contribution in [2.24, 2.45) is 11.7 Å². The maximum atomic E-state index is 13.5. The van der Waals surface area contributed by atoms with E-state index < -0.39 is 17.6 Å². The SMILES string of the molecule is CC(=O)N1CCN(Cc2ccc(Cl)c(F)c2)CC(C(N)=O)C1. The molecule has 2 rings (SSSR count). The normalized spacial score (nSPS) is 19.8. The van der Waals surface area contributed by atoms with Crippen molar-refractivity contribution < 1.29 is 14.0 Å².